The largest absolute Gasteiger partial charge is 0.309 e. The zero-order valence-corrected chi connectivity index (χ0v) is 15.7. The zero-order chi connectivity index (χ0) is 19.6. The summed E-state index contributed by atoms with van der Waals surface area (Å²) in [4.78, 5) is 20.7. The maximum atomic E-state index is 14.1. The lowest BCUT2D eigenvalue weighted by molar-refractivity contribution is 0.0982. The van der Waals surface area contributed by atoms with Crippen LogP contribution in [0.15, 0.2) is 36.4 Å². The monoisotopic (exact) mass is 393 g/mol. The normalized spacial score (nSPS) is 11.3. The van der Waals surface area contributed by atoms with Crippen molar-refractivity contribution in [3.8, 4) is 0 Å². The van der Waals surface area contributed by atoms with Gasteiger partial charge in [0.05, 0.1) is 15.8 Å². The second-order valence-electron chi connectivity index (χ2n) is 6.35. The first-order chi connectivity index (χ1) is 12.8. The summed E-state index contributed by atoms with van der Waals surface area (Å²) in [5, 5.41) is 0.350. The van der Waals surface area contributed by atoms with Crippen molar-refractivity contribution in [2.45, 2.75) is 6.42 Å². The highest BCUT2D eigenvalue weighted by Crippen LogP contribution is 2.30. The molecule has 0 aliphatic heterocycles. The van der Waals surface area contributed by atoms with Crippen LogP contribution in [0.4, 0.5) is 18.3 Å². The molecule has 0 aliphatic rings. The fourth-order valence-electron chi connectivity index (χ4n) is 2.64. The second kappa shape index (κ2) is 8.06. The Hall–Kier alpha value is -2.45. The number of carbonyl (C=O) groups excluding carboxylic acids is 1. The van der Waals surface area contributed by atoms with Gasteiger partial charge in [0, 0.05) is 12.6 Å². The van der Waals surface area contributed by atoms with Gasteiger partial charge in [-0.1, -0.05) is 11.3 Å². The summed E-state index contributed by atoms with van der Waals surface area (Å²) in [6.07, 6.45) is 0.631. The lowest BCUT2D eigenvalue weighted by Gasteiger charge is -2.21. The summed E-state index contributed by atoms with van der Waals surface area (Å²) in [5.41, 5.74) is 0.327. The minimum Gasteiger partial charge on any atom is -0.309 e. The lowest BCUT2D eigenvalue weighted by Crippen LogP contribution is -2.34. The van der Waals surface area contributed by atoms with Crippen LogP contribution in [0.2, 0.25) is 0 Å². The minimum atomic E-state index is -0.926. The van der Waals surface area contributed by atoms with Crippen molar-refractivity contribution >= 4 is 32.6 Å². The van der Waals surface area contributed by atoms with Crippen LogP contribution in [0.1, 0.15) is 16.8 Å². The van der Waals surface area contributed by atoms with Crippen LogP contribution in [-0.4, -0.2) is 43.0 Å². The molecule has 142 valence electrons. The number of anilines is 1. The van der Waals surface area contributed by atoms with E-state index in [1.165, 1.54) is 23.1 Å². The van der Waals surface area contributed by atoms with Gasteiger partial charge >= 0.3 is 0 Å². The number of halogens is 3. The highest BCUT2D eigenvalue weighted by atomic mass is 32.1. The molecular formula is C19H18F3N3OS. The van der Waals surface area contributed by atoms with Gasteiger partial charge in [-0.05, 0) is 57.4 Å². The Morgan fingerprint density at radius 2 is 1.74 bits per heavy atom. The fourth-order valence-corrected chi connectivity index (χ4v) is 3.65. The SMILES string of the molecule is CN(C)CCCN(C(=O)c1ccc(F)cc1F)c1nc2ccc(F)cc2s1. The third kappa shape index (κ3) is 4.45. The van der Waals surface area contributed by atoms with Gasteiger partial charge in [0.15, 0.2) is 5.13 Å². The Bertz CT molecular complexity index is 974. The van der Waals surface area contributed by atoms with E-state index in [1.807, 2.05) is 19.0 Å². The Morgan fingerprint density at radius 3 is 2.44 bits per heavy atom. The first-order valence-electron chi connectivity index (χ1n) is 8.33. The standard InChI is InChI=1S/C19H18F3N3OS/c1-24(2)8-3-9-25(18(26)14-6-4-12(20)10-15(14)22)19-23-16-7-5-13(21)11-17(16)27-19/h4-7,10-11H,3,8-9H2,1-2H3. The molecule has 1 heterocycles. The first kappa shape index (κ1) is 19.3. The summed E-state index contributed by atoms with van der Waals surface area (Å²) in [6, 6.07) is 7.02. The van der Waals surface area contributed by atoms with E-state index in [9.17, 15) is 18.0 Å². The highest BCUT2D eigenvalue weighted by molar-refractivity contribution is 7.22. The number of thiazole rings is 1. The van der Waals surface area contributed by atoms with E-state index in [1.54, 1.807) is 0 Å². The van der Waals surface area contributed by atoms with E-state index in [0.717, 1.165) is 30.0 Å². The Labute approximate surface area is 158 Å². The molecule has 3 aromatic rings. The molecular weight excluding hydrogens is 375 g/mol. The van der Waals surface area contributed by atoms with Gasteiger partial charge in [-0.15, -0.1) is 0 Å². The van der Waals surface area contributed by atoms with Gasteiger partial charge in [0.2, 0.25) is 0 Å². The lowest BCUT2D eigenvalue weighted by atomic mass is 10.2. The van der Waals surface area contributed by atoms with Gasteiger partial charge in [-0.2, -0.15) is 0 Å². The quantitative estimate of drug-likeness (QED) is 0.626. The maximum absolute atomic E-state index is 14.1. The van der Waals surface area contributed by atoms with Gasteiger partial charge in [0.25, 0.3) is 5.91 Å². The van der Waals surface area contributed by atoms with Crippen molar-refractivity contribution in [1.82, 2.24) is 9.88 Å². The molecule has 2 aromatic carbocycles. The number of fused-ring (bicyclic) bond motifs is 1. The van der Waals surface area contributed by atoms with Gasteiger partial charge < -0.3 is 4.90 Å². The molecule has 8 heteroatoms. The Kier molecular flexibility index (Phi) is 5.76. The highest BCUT2D eigenvalue weighted by Gasteiger charge is 2.24. The molecule has 0 saturated carbocycles. The van der Waals surface area contributed by atoms with E-state index in [0.29, 0.717) is 34.4 Å². The van der Waals surface area contributed by atoms with Crippen LogP contribution < -0.4 is 4.90 Å². The van der Waals surface area contributed by atoms with E-state index in [4.69, 9.17) is 0 Å². The molecule has 27 heavy (non-hydrogen) atoms. The zero-order valence-electron chi connectivity index (χ0n) is 14.9. The average molecular weight is 393 g/mol. The molecule has 0 aliphatic carbocycles. The topological polar surface area (TPSA) is 36.4 Å². The van der Waals surface area contributed by atoms with Crippen LogP contribution in [0, 0.1) is 17.5 Å². The number of amides is 1. The van der Waals surface area contributed by atoms with Crippen molar-refractivity contribution in [3.63, 3.8) is 0 Å². The number of hydrogen-bond acceptors (Lipinski definition) is 4. The average Bonchev–Trinajstić information content (AvgIpc) is 3.00. The summed E-state index contributed by atoms with van der Waals surface area (Å²) in [5.74, 6) is -2.68. The predicted octanol–water partition coefficient (Wildman–Crippen LogP) is 4.31. The molecule has 0 radical (unpaired) electrons. The van der Waals surface area contributed by atoms with Crippen LogP contribution >= 0.6 is 11.3 Å². The van der Waals surface area contributed by atoms with Gasteiger partial charge in [-0.3, -0.25) is 9.69 Å². The number of benzene rings is 2. The predicted molar refractivity (Wildman–Crippen MR) is 101 cm³/mol. The third-order valence-corrected chi connectivity index (χ3v) is 5.00. The Morgan fingerprint density at radius 1 is 1.04 bits per heavy atom. The molecule has 0 saturated heterocycles. The molecule has 4 nitrogen and oxygen atoms in total. The number of carbonyl (C=O) groups is 1. The molecule has 0 N–H and O–H groups in total. The number of aromatic nitrogens is 1. The smallest absolute Gasteiger partial charge is 0.263 e. The van der Waals surface area contributed by atoms with Crippen LogP contribution in [-0.2, 0) is 0 Å². The molecule has 0 bridgehead atoms. The van der Waals surface area contributed by atoms with Crippen LogP contribution in [0.25, 0.3) is 10.2 Å². The molecule has 0 unspecified atom stereocenters. The van der Waals surface area contributed by atoms with Crippen LogP contribution in [0.3, 0.4) is 0 Å². The van der Waals surface area contributed by atoms with E-state index < -0.39 is 23.4 Å². The van der Waals surface area contributed by atoms with Crippen molar-refractivity contribution in [3.05, 3.63) is 59.4 Å². The van der Waals surface area contributed by atoms with Gasteiger partial charge in [-0.25, -0.2) is 18.2 Å². The van der Waals surface area contributed by atoms with E-state index >= 15 is 0 Å². The number of rotatable bonds is 6. The van der Waals surface area contributed by atoms with E-state index in [2.05, 4.69) is 4.98 Å². The van der Waals surface area contributed by atoms with Gasteiger partial charge in [0.1, 0.15) is 17.5 Å². The third-order valence-electron chi connectivity index (χ3n) is 3.96. The molecule has 1 aromatic heterocycles. The minimum absolute atomic E-state index is 0.230. The molecule has 0 atom stereocenters. The summed E-state index contributed by atoms with van der Waals surface area (Å²) in [6.45, 7) is 1.02. The number of nitrogens with zero attached hydrogens (tertiary/aromatic N) is 3. The van der Waals surface area contributed by atoms with E-state index in [-0.39, 0.29) is 5.56 Å². The summed E-state index contributed by atoms with van der Waals surface area (Å²) >= 11 is 1.15. The summed E-state index contributed by atoms with van der Waals surface area (Å²) in [7, 11) is 3.82. The molecule has 3 rings (SSSR count). The maximum Gasteiger partial charge on any atom is 0.263 e. The number of hydrogen-bond donors (Lipinski definition) is 0. The first-order valence-corrected chi connectivity index (χ1v) is 9.14. The van der Waals surface area contributed by atoms with Crippen molar-refractivity contribution in [2.24, 2.45) is 0 Å². The second-order valence-corrected chi connectivity index (χ2v) is 7.36. The molecule has 0 spiro atoms. The van der Waals surface area contributed by atoms with Crippen molar-refractivity contribution in [2.75, 3.05) is 32.1 Å². The molecule has 0 fully saturated rings. The van der Waals surface area contributed by atoms with Crippen LogP contribution in [0.5, 0.6) is 0 Å². The van der Waals surface area contributed by atoms with Crippen molar-refractivity contribution < 1.29 is 18.0 Å². The Balaban J connectivity index is 1.97. The fraction of sp³-hybridized carbons (Fsp3) is 0.263. The summed E-state index contributed by atoms with van der Waals surface area (Å²) < 4.78 is 41.4. The van der Waals surface area contributed by atoms with Crippen molar-refractivity contribution in [1.29, 1.82) is 0 Å². The molecule has 1 amide bonds.